The fourth-order valence-corrected chi connectivity index (χ4v) is 8.63. The van der Waals surface area contributed by atoms with Crippen LogP contribution in [0.4, 0.5) is 0 Å². The zero-order chi connectivity index (χ0) is 32.9. The topological polar surface area (TPSA) is 118 Å². The predicted octanol–water partition coefficient (Wildman–Crippen LogP) is 6.20. The Morgan fingerprint density at radius 3 is 2.40 bits per heavy atom. The molecule has 4 aromatic rings. The second kappa shape index (κ2) is 14.8. The summed E-state index contributed by atoms with van der Waals surface area (Å²) in [5.41, 5.74) is 1.91. The third kappa shape index (κ3) is 7.44. The zero-order valence-corrected chi connectivity index (χ0v) is 28.3. The molecule has 2 aromatic heterocycles. The van der Waals surface area contributed by atoms with Crippen molar-refractivity contribution in [3.8, 4) is 0 Å². The molecule has 2 amide bonds. The number of piperidine rings is 1. The van der Waals surface area contributed by atoms with Crippen LogP contribution >= 0.6 is 11.6 Å². The molecule has 0 radical (unpaired) electrons. The van der Waals surface area contributed by atoms with E-state index in [1.54, 1.807) is 6.33 Å². The van der Waals surface area contributed by atoms with E-state index in [0.717, 1.165) is 69.1 Å². The highest BCUT2D eigenvalue weighted by Crippen LogP contribution is 2.47. The van der Waals surface area contributed by atoms with Crippen LogP contribution in [0.1, 0.15) is 86.7 Å². The molecule has 3 heterocycles. The van der Waals surface area contributed by atoms with Gasteiger partial charge in [-0.3, -0.25) is 14.3 Å². The van der Waals surface area contributed by atoms with Crippen LogP contribution in [0.5, 0.6) is 0 Å². The number of halogens is 1. The van der Waals surface area contributed by atoms with Gasteiger partial charge < -0.3 is 20.1 Å². The molecule has 3 fully saturated rings. The smallest absolute Gasteiger partial charge is 0.290 e. The van der Waals surface area contributed by atoms with Gasteiger partial charge in [0, 0.05) is 36.7 Å². The van der Waals surface area contributed by atoms with Gasteiger partial charge in [0.1, 0.15) is 18.2 Å². The van der Waals surface area contributed by atoms with E-state index < -0.39 is 0 Å². The molecule has 1 aliphatic heterocycles. The first-order valence-electron chi connectivity index (χ1n) is 17.7. The average Bonchev–Trinajstić information content (AvgIpc) is 3.80. The third-order valence-corrected chi connectivity index (χ3v) is 11.5. The van der Waals surface area contributed by atoms with Crippen LogP contribution in [-0.2, 0) is 17.8 Å². The minimum absolute atomic E-state index is 0.0461. The average molecular weight is 672 g/mol. The quantitative estimate of drug-likeness (QED) is 0.206. The van der Waals surface area contributed by atoms with E-state index in [1.807, 2.05) is 59.5 Å². The lowest BCUT2D eigenvalue weighted by Crippen LogP contribution is -2.56. The molecular formula is C37H46ClN7O3. The van der Waals surface area contributed by atoms with Gasteiger partial charge in [0.05, 0.1) is 11.4 Å². The second-order valence-corrected chi connectivity index (χ2v) is 14.7. The van der Waals surface area contributed by atoms with Crippen molar-refractivity contribution in [1.82, 2.24) is 35.5 Å². The van der Waals surface area contributed by atoms with Gasteiger partial charge in [0.25, 0.3) is 5.91 Å². The van der Waals surface area contributed by atoms with Crippen molar-refractivity contribution in [3.63, 3.8) is 0 Å². The fourth-order valence-electron chi connectivity index (χ4n) is 8.51. The normalized spacial score (nSPS) is 22.4. The highest BCUT2D eigenvalue weighted by molar-refractivity contribution is 6.30. The molecule has 2 saturated carbocycles. The van der Waals surface area contributed by atoms with Gasteiger partial charge in [-0.05, 0) is 98.9 Å². The summed E-state index contributed by atoms with van der Waals surface area (Å²) in [6.45, 7) is 2.40. The number of rotatable bonds is 10. The molecule has 0 bridgehead atoms. The van der Waals surface area contributed by atoms with Gasteiger partial charge in [-0.25, -0.2) is 4.98 Å². The molecule has 11 heteroatoms. The minimum Gasteiger partial charge on any atom is -0.350 e. The molecule has 3 aliphatic rings. The maximum atomic E-state index is 14.3. The highest BCUT2D eigenvalue weighted by Gasteiger charge is 2.44. The monoisotopic (exact) mass is 671 g/mol. The summed E-state index contributed by atoms with van der Waals surface area (Å²) in [5, 5.41) is 16.8. The number of aromatic nitrogens is 4. The number of nitrogens with zero attached hydrogens (tertiary/aromatic N) is 5. The third-order valence-electron chi connectivity index (χ3n) is 11.2. The van der Waals surface area contributed by atoms with Gasteiger partial charge in [-0.2, -0.15) is 5.10 Å². The van der Waals surface area contributed by atoms with Gasteiger partial charge >= 0.3 is 0 Å². The molecule has 2 aromatic carbocycles. The number of fused-ring (bicyclic) bond motifs is 1. The van der Waals surface area contributed by atoms with Crippen LogP contribution in [0.25, 0.3) is 10.9 Å². The van der Waals surface area contributed by atoms with Crippen molar-refractivity contribution in [2.45, 2.75) is 102 Å². The lowest BCUT2D eigenvalue weighted by Gasteiger charge is -2.48. The number of carbonyl (C=O) groups is 2. The number of likely N-dealkylation sites (tertiary alicyclic amines) is 1. The van der Waals surface area contributed by atoms with Gasteiger partial charge in [0.2, 0.25) is 11.7 Å². The summed E-state index contributed by atoms with van der Waals surface area (Å²) in [6.07, 6.45) is 15.9. The van der Waals surface area contributed by atoms with Gasteiger partial charge in [-0.1, -0.05) is 60.3 Å². The van der Waals surface area contributed by atoms with Crippen molar-refractivity contribution in [2.24, 2.45) is 11.3 Å². The van der Waals surface area contributed by atoms with Crippen LogP contribution in [0.15, 0.2) is 65.7 Å². The summed E-state index contributed by atoms with van der Waals surface area (Å²) in [4.78, 5) is 33.7. The maximum absolute atomic E-state index is 14.3. The molecule has 1 atom stereocenters. The van der Waals surface area contributed by atoms with E-state index in [0.29, 0.717) is 22.9 Å². The molecule has 2 N–H and O–H groups in total. The SMILES string of the molecule is O=C(N[C@H]1CC[C@@H](N[C@H](Cc2ccc(Cl)cc2)C(=O)N2CCC(Cn3cncn3)(C3CCCCC3)CC2)CC1)c1onc2ccccc12. The summed E-state index contributed by atoms with van der Waals surface area (Å²) in [6, 6.07) is 15.2. The van der Waals surface area contributed by atoms with Crippen LogP contribution < -0.4 is 10.6 Å². The summed E-state index contributed by atoms with van der Waals surface area (Å²) >= 11 is 6.20. The molecule has 1 saturated heterocycles. The predicted molar refractivity (Wildman–Crippen MR) is 184 cm³/mol. The molecule has 254 valence electrons. The van der Waals surface area contributed by atoms with Gasteiger partial charge in [-0.15, -0.1) is 0 Å². The number of benzene rings is 2. The van der Waals surface area contributed by atoms with E-state index >= 15 is 0 Å². The highest BCUT2D eigenvalue weighted by atomic mass is 35.5. The Kier molecular flexibility index (Phi) is 10.1. The number of hydrogen-bond donors (Lipinski definition) is 2. The summed E-state index contributed by atoms with van der Waals surface area (Å²) in [5.74, 6) is 0.869. The van der Waals surface area contributed by atoms with Crippen molar-refractivity contribution >= 4 is 34.3 Å². The van der Waals surface area contributed by atoms with E-state index in [2.05, 4.69) is 30.8 Å². The molecule has 0 unspecified atom stereocenters. The lowest BCUT2D eigenvalue weighted by atomic mass is 9.63. The molecule has 7 rings (SSSR count). The van der Waals surface area contributed by atoms with Crippen LogP contribution in [0.3, 0.4) is 0 Å². The Morgan fingerprint density at radius 2 is 1.67 bits per heavy atom. The van der Waals surface area contributed by atoms with Crippen LogP contribution in [-0.4, -0.2) is 67.9 Å². The van der Waals surface area contributed by atoms with E-state index in [-0.39, 0.29) is 41.1 Å². The molecule has 2 aliphatic carbocycles. The first-order chi connectivity index (χ1) is 23.5. The van der Waals surface area contributed by atoms with E-state index in [9.17, 15) is 9.59 Å². The Morgan fingerprint density at radius 1 is 0.938 bits per heavy atom. The van der Waals surface area contributed by atoms with E-state index in [4.69, 9.17) is 16.1 Å². The van der Waals surface area contributed by atoms with E-state index in [1.165, 1.54) is 32.1 Å². The maximum Gasteiger partial charge on any atom is 0.290 e. The second-order valence-electron chi connectivity index (χ2n) is 14.2. The zero-order valence-electron chi connectivity index (χ0n) is 27.5. The van der Waals surface area contributed by atoms with Crippen molar-refractivity contribution in [2.75, 3.05) is 13.1 Å². The van der Waals surface area contributed by atoms with Crippen LogP contribution in [0, 0.1) is 11.3 Å². The number of hydrogen-bond acceptors (Lipinski definition) is 7. The standard InChI is InChI=1S/C37H46ClN7O3/c38-28-12-10-26(11-13-28)22-33(41-29-14-16-30(17-15-29)42-35(46)34-31-8-4-5-9-32(31)43-48-34)36(47)44-20-18-37(19-21-44,23-45-25-39-24-40-45)27-6-2-1-3-7-27/h4-5,8-13,24-25,27,29-30,33,41H,1-3,6-7,14-23H2,(H,42,46)/t29-,30+,33-/m1/s1. The Balaban J connectivity index is 0.993. The minimum atomic E-state index is -0.333. The number of amides is 2. The summed E-state index contributed by atoms with van der Waals surface area (Å²) < 4.78 is 7.38. The van der Waals surface area contributed by atoms with Crippen molar-refractivity contribution < 1.29 is 14.1 Å². The van der Waals surface area contributed by atoms with Crippen molar-refractivity contribution in [1.29, 1.82) is 0 Å². The summed E-state index contributed by atoms with van der Waals surface area (Å²) in [7, 11) is 0. The molecule has 48 heavy (non-hydrogen) atoms. The van der Waals surface area contributed by atoms with Gasteiger partial charge in [0.15, 0.2) is 0 Å². The first kappa shape index (κ1) is 32.8. The van der Waals surface area contributed by atoms with Crippen LogP contribution in [0.2, 0.25) is 5.02 Å². The molecular weight excluding hydrogens is 626 g/mol. The van der Waals surface area contributed by atoms with Crippen molar-refractivity contribution in [3.05, 3.63) is 77.5 Å². The number of nitrogens with one attached hydrogen (secondary N) is 2. The Hall–Kier alpha value is -3.76. The molecule has 0 spiro atoms. The fraction of sp³-hybridized carbons (Fsp3) is 0.541. The Bertz CT molecular complexity index is 1650. The largest absolute Gasteiger partial charge is 0.350 e. The number of carbonyl (C=O) groups excluding carboxylic acids is 2. The first-order valence-corrected chi connectivity index (χ1v) is 18.1. The lowest BCUT2D eigenvalue weighted by molar-refractivity contribution is -0.137. The Labute approximate surface area is 287 Å². The molecule has 10 nitrogen and oxygen atoms in total.